The van der Waals surface area contributed by atoms with Gasteiger partial charge in [0.2, 0.25) is 5.91 Å². The molecule has 2 aliphatic heterocycles. The Kier molecular flexibility index (Phi) is 6.95. The average Bonchev–Trinajstić information content (AvgIpc) is 3.11. The molecule has 0 bridgehead atoms. The summed E-state index contributed by atoms with van der Waals surface area (Å²) in [5.74, 6) is 1.33. The van der Waals surface area contributed by atoms with Gasteiger partial charge in [0.1, 0.15) is 6.04 Å². The summed E-state index contributed by atoms with van der Waals surface area (Å²) in [5, 5.41) is 3.26. The van der Waals surface area contributed by atoms with Crippen LogP contribution in [0.1, 0.15) is 23.2 Å². The van der Waals surface area contributed by atoms with E-state index in [1.54, 1.807) is 16.7 Å². The number of thioether (sulfide) groups is 1. The van der Waals surface area contributed by atoms with Crippen LogP contribution in [0.4, 0.5) is 0 Å². The first kappa shape index (κ1) is 19.1. The maximum Gasteiger partial charge on any atom is 0.255 e. The Hall–Kier alpha value is -1.24. The fourth-order valence-electron chi connectivity index (χ4n) is 3.22. The number of rotatable bonds is 3. The van der Waals surface area contributed by atoms with Gasteiger partial charge in [0, 0.05) is 30.4 Å². The van der Waals surface area contributed by atoms with Gasteiger partial charge in [0.15, 0.2) is 0 Å². The van der Waals surface area contributed by atoms with Gasteiger partial charge in [-0.15, -0.1) is 24.2 Å². The van der Waals surface area contributed by atoms with Crippen molar-refractivity contribution in [3.63, 3.8) is 0 Å². The minimum atomic E-state index is -0.330. The summed E-state index contributed by atoms with van der Waals surface area (Å²) in [4.78, 5) is 29.2. The van der Waals surface area contributed by atoms with E-state index in [0.29, 0.717) is 23.2 Å². The summed E-state index contributed by atoms with van der Waals surface area (Å²) >= 11 is 1.65. The molecule has 24 heavy (non-hydrogen) atoms. The molecule has 0 aliphatic carbocycles. The van der Waals surface area contributed by atoms with Crippen LogP contribution in [0.5, 0.6) is 0 Å². The second-order valence-electron chi connectivity index (χ2n) is 6.07. The van der Waals surface area contributed by atoms with E-state index in [4.69, 9.17) is 0 Å². The van der Waals surface area contributed by atoms with Crippen molar-refractivity contribution in [2.24, 2.45) is 0 Å². The Morgan fingerprint density at radius 1 is 1.25 bits per heavy atom. The number of piperidine rings is 1. The highest BCUT2D eigenvalue weighted by Gasteiger charge is 2.38. The van der Waals surface area contributed by atoms with Crippen LogP contribution in [0.3, 0.4) is 0 Å². The van der Waals surface area contributed by atoms with Crippen LogP contribution in [0, 0.1) is 0 Å². The van der Waals surface area contributed by atoms with Gasteiger partial charge in [0.05, 0.1) is 5.88 Å². The standard InChI is InChI=1S/C17H23N3O2S.ClH/c1-18-14-8-5-9-19(10-14)17(22)15-11-23-12-20(15)16(21)13-6-3-2-4-7-13;/h2-4,6-7,14-15,18H,5,8-12H2,1H3;1H. The Morgan fingerprint density at radius 3 is 2.71 bits per heavy atom. The van der Waals surface area contributed by atoms with Gasteiger partial charge in [-0.3, -0.25) is 9.59 Å². The predicted octanol–water partition coefficient (Wildman–Crippen LogP) is 1.83. The molecule has 132 valence electrons. The van der Waals surface area contributed by atoms with Gasteiger partial charge in [-0.25, -0.2) is 0 Å². The van der Waals surface area contributed by atoms with Crippen LogP contribution in [0.25, 0.3) is 0 Å². The lowest BCUT2D eigenvalue weighted by Gasteiger charge is -2.35. The van der Waals surface area contributed by atoms with E-state index in [2.05, 4.69) is 5.32 Å². The third-order valence-electron chi connectivity index (χ3n) is 4.59. The molecule has 0 saturated carbocycles. The molecule has 0 spiro atoms. The smallest absolute Gasteiger partial charge is 0.255 e. The highest BCUT2D eigenvalue weighted by atomic mass is 35.5. The van der Waals surface area contributed by atoms with Gasteiger partial charge in [0.25, 0.3) is 5.91 Å². The number of carbonyl (C=O) groups is 2. The van der Waals surface area contributed by atoms with Crippen LogP contribution in [0.2, 0.25) is 0 Å². The van der Waals surface area contributed by atoms with Gasteiger partial charge >= 0.3 is 0 Å². The van der Waals surface area contributed by atoms with E-state index >= 15 is 0 Å². The summed E-state index contributed by atoms with van der Waals surface area (Å²) in [6.07, 6.45) is 2.12. The molecule has 1 aromatic carbocycles. The van der Waals surface area contributed by atoms with E-state index < -0.39 is 0 Å². The SMILES string of the molecule is CNC1CCCN(C(=O)C2CSCN2C(=O)c2ccccc2)C1.Cl. The molecule has 2 amide bonds. The minimum absolute atomic E-state index is 0. The molecular weight excluding hydrogens is 346 g/mol. The van der Waals surface area contributed by atoms with Gasteiger partial charge in [-0.05, 0) is 32.0 Å². The van der Waals surface area contributed by atoms with Crippen molar-refractivity contribution in [2.75, 3.05) is 31.8 Å². The highest BCUT2D eigenvalue weighted by molar-refractivity contribution is 7.99. The largest absolute Gasteiger partial charge is 0.339 e. The number of likely N-dealkylation sites (N-methyl/N-ethyl adjacent to an activating group) is 1. The molecule has 2 unspecified atom stereocenters. The summed E-state index contributed by atoms with van der Waals surface area (Å²) < 4.78 is 0. The average molecular weight is 370 g/mol. The number of nitrogens with one attached hydrogen (secondary N) is 1. The molecule has 0 aromatic heterocycles. The summed E-state index contributed by atoms with van der Waals surface area (Å²) in [6.45, 7) is 1.54. The molecule has 7 heteroatoms. The second kappa shape index (κ2) is 8.74. The number of nitrogens with zero attached hydrogens (tertiary/aromatic N) is 2. The predicted molar refractivity (Wildman–Crippen MR) is 99.6 cm³/mol. The molecular formula is C17H24ClN3O2S. The molecule has 2 fully saturated rings. The Balaban J connectivity index is 0.00000208. The quantitative estimate of drug-likeness (QED) is 0.883. The van der Waals surface area contributed by atoms with E-state index in [-0.39, 0.29) is 30.3 Å². The number of halogens is 1. The van der Waals surface area contributed by atoms with Crippen LogP contribution >= 0.6 is 24.2 Å². The monoisotopic (exact) mass is 369 g/mol. The van der Waals surface area contributed by atoms with Crippen molar-refractivity contribution in [1.29, 1.82) is 0 Å². The number of carbonyl (C=O) groups excluding carboxylic acids is 2. The molecule has 2 aliphatic rings. The Morgan fingerprint density at radius 2 is 2.00 bits per heavy atom. The lowest BCUT2D eigenvalue weighted by atomic mass is 10.0. The van der Waals surface area contributed by atoms with Crippen molar-refractivity contribution < 1.29 is 9.59 Å². The van der Waals surface area contributed by atoms with Crippen molar-refractivity contribution >= 4 is 36.0 Å². The molecule has 1 aromatic rings. The zero-order chi connectivity index (χ0) is 16.2. The lowest BCUT2D eigenvalue weighted by Crippen LogP contribution is -2.54. The second-order valence-corrected chi connectivity index (χ2v) is 7.07. The third kappa shape index (κ3) is 4.05. The fourth-order valence-corrected chi connectivity index (χ4v) is 4.36. The van der Waals surface area contributed by atoms with Crippen LogP contribution in [-0.4, -0.2) is 65.5 Å². The third-order valence-corrected chi connectivity index (χ3v) is 5.60. The summed E-state index contributed by atoms with van der Waals surface area (Å²) in [5.41, 5.74) is 0.652. The molecule has 2 heterocycles. The van der Waals surface area contributed by atoms with E-state index in [1.807, 2.05) is 42.3 Å². The Bertz CT molecular complexity index is 572. The minimum Gasteiger partial charge on any atom is -0.339 e. The maximum atomic E-state index is 12.9. The maximum absolute atomic E-state index is 12.9. The Labute approximate surface area is 153 Å². The van der Waals surface area contributed by atoms with Gasteiger partial charge < -0.3 is 15.1 Å². The first-order valence-corrected chi connectivity index (χ1v) is 9.26. The van der Waals surface area contributed by atoms with Crippen molar-refractivity contribution in [3.8, 4) is 0 Å². The number of likely N-dealkylation sites (tertiary alicyclic amines) is 1. The molecule has 5 nitrogen and oxygen atoms in total. The van der Waals surface area contributed by atoms with Crippen molar-refractivity contribution in [1.82, 2.24) is 15.1 Å². The van der Waals surface area contributed by atoms with Crippen molar-refractivity contribution in [2.45, 2.75) is 24.9 Å². The van der Waals surface area contributed by atoms with E-state index in [0.717, 1.165) is 25.9 Å². The topological polar surface area (TPSA) is 52.7 Å². The first-order valence-electron chi connectivity index (χ1n) is 8.10. The lowest BCUT2D eigenvalue weighted by molar-refractivity contribution is -0.136. The molecule has 2 saturated heterocycles. The number of amides is 2. The van der Waals surface area contributed by atoms with Gasteiger partial charge in [-0.1, -0.05) is 18.2 Å². The summed E-state index contributed by atoms with van der Waals surface area (Å²) in [7, 11) is 1.94. The molecule has 0 radical (unpaired) electrons. The fraction of sp³-hybridized carbons (Fsp3) is 0.529. The van der Waals surface area contributed by atoms with Gasteiger partial charge in [-0.2, -0.15) is 0 Å². The van der Waals surface area contributed by atoms with Crippen LogP contribution in [0.15, 0.2) is 30.3 Å². The highest BCUT2D eigenvalue weighted by Crippen LogP contribution is 2.25. The zero-order valence-corrected chi connectivity index (χ0v) is 15.4. The number of hydrogen-bond donors (Lipinski definition) is 1. The normalized spacial score (nSPS) is 23.7. The first-order chi connectivity index (χ1) is 11.2. The molecule has 3 rings (SSSR count). The van der Waals surface area contributed by atoms with Crippen LogP contribution < -0.4 is 5.32 Å². The van der Waals surface area contributed by atoms with E-state index in [9.17, 15) is 9.59 Å². The zero-order valence-electron chi connectivity index (χ0n) is 13.8. The molecule has 1 N–H and O–H groups in total. The van der Waals surface area contributed by atoms with Crippen molar-refractivity contribution in [3.05, 3.63) is 35.9 Å². The van der Waals surface area contributed by atoms with Crippen LogP contribution in [-0.2, 0) is 4.79 Å². The molecule has 2 atom stereocenters. The number of benzene rings is 1. The van der Waals surface area contributed by atoms with E-state index in [1.165, 1.54) is 0 Å². The summed E-state index contributed by atoms with van der Waals surface area (Å²) in [6, 6.07) is 9.26. The number of hydrogen-bond acceptors (Lipinski definition) is 4.